The molecule has 6 nitrogen and oxygen atoms in total. The topological polar surface area (TPSA) is 76.5 Å². The van der Waals surface area contributed by atoms with Crippen LogP contribution in [0.2, 0.25) is 0 Å². The van der Waals surface area contributed by atoms with E-state index in [-0.39, 0.29) is 11.5 Å². The van der Waals surface area contributed by atoms with Crippen LogP contribution in [0.5, 0.6) is 0 Å². The van der Waals surface area contributed by atoms with E-state index >= 15 is 0 Å². The number of allylic oxidation sites excluding steroid dienone is 1. The number of hydrogen-bond acceptors (Lipinski definition) is 5. The van der Waals surface area contributed by atoms with Gasteiger partial charge in [-0.05, 0) is 13.0 Å². The molecule has 0 spiro atoms. The highest BCUT2D eigenvalue weighted by molar-refractivity contribution is 7.99. The summed E-state index contributed by atoms with van der Waals surface area (Å²) >= 11 is 1.38. The summed E-state index contributed by atoms with van der Waals surface area (Å²) in [5.41, 5.74) is 1.65. The molecule has 2 aromatic heterocycles. The predicted octanol–water partition coefficient (Wildman–Crippen LogP) is 3.62. The highest BCUT2D eigenvalue weighted by Gasteiger charge is 2.17. The predicted molar refractivity (Wildman–Crippen MR) is 102 cm³/mol. The molecule has 1 aromatic carbocycles. The second-order valence-electron chi connectivity index (χ2n) is 5.80. The maximum Gasteiger partial charge on any atom is 0.191 e. The summed E-state index contributed by atoms with van der Waals surface area (Å²) in [4.78, 5) is 12.8. The van der Waals surface area contributed by atoms with Gasteiger partial charge in [-0.3, -0.25) is 4.79 Å². The number of Topliss-reactive ketones (excluding diaryl/α,β-unsaturated/α-hetero) is 1. The molecule has 0 aliphatic carbocycles. The number of ketones is 1. The maximum atomic E-state index is 12.8. The van der Waals surface area contributed by atoms with Crippen molar-refractivity contribution in [2.45, 2.75) is 31.6 Å². The summed E-state index contributed by atoms with van der Waals surface area (Å²) in [5, 5.41) is 18.7. The molecule has 0 saturated carbocycles. The molecular weight excluding hydrogens is 346 g/mol. The highest BCUT2D eigenvalue weighted by atomic mass is 32.2. The molecule has 0 radical (unpaired) electrons. The molecule has 3 aromatic rings. The van der Waals surface area contributed by atoms with Gasteiger partial charge in [0.25, 0.3) is 0 Å². The van der Waals surface area contributed by atoms with E-state index in [0.717, 1.165) is 16.7 Å². The fourth-order valence-corrected chi connectivity index (χ4v) is 3.72. The molecule has 2 heterocycles. The number of rotatable bonds is 8. The Balaban J connectivity index is 1.82. The van der Waals surface area contributed by atoms with Gasteiger partial charge in [-0.2, -0.15) is 5.26 Å². The van der Waals surface area contributed by atoms with Crippen molar-refractivity contribution >= 4 is 28.4 Å². The lowest BCUT2D eigenvalue weighted by molar-refractivity contribution is 0.102. The van der Waals surface area contributed by atoms with E-state index < -0.39 is 0 Å². The van der Waals surface area contributed by atoms with Crippen LogP contribution in [0.15, 0.2) is 48.3 Å². The summed E-state index contributed by atoms with van der Waals surface area (Å²) in [6.07, 6.45) is 4.04. The molecule has 0 amide bonds. The zero-order valence-electron chi connectivity index (χ0n) is 14.6. The third kappa shape index (κ3) is 3.55. The molecule has 0 aliphatic rings. The molecule has 26 heavy (non-hydrogen) atoms. The zero-order valence-corrected chi connectivity index (χ0v) is 15.4. The Morgan fingerprint density at radius 3 is 2.96 bits per heavy atom. The van der Waals surface area contributed by atoms with Crippen LogP contribution in [-0.2, 0) is 13.1 Å². The third-order valence-corrected chi connectivity index (χ3v) is 5.07. The van der Waals surface area contributed by atoms with Crippen molar-refractivity contribution in [3.63, 3.8) is 0 Å². The molecule has 0 atom stereocenters. The number of aryl methyl sites for hydroxylation is 2. The molecule has 0 N–H and O–H groups in total. The lowest BCUT2D eigenvalue weighted by Crippen LogP contribution is -2.05. The van der Waals surface area contributed by atoms with E-state index in [1.54, 1.807) is 6.08 Å². The van der Waals surface area contributed by atoms with E-state index in [0.29, 0.717) is 30.2 Å². The van der Waals surface area contributed by atoms with Gasteiger partial charge in [0.1, 0.15) is 5.82 Å². The Labute approximate surface area is 156 Å². The fraction of sp³-hybridized carbons (Fsp3) is 0.263. The van der Waals surface area contributed by atoms with Crippen molar-refractivity contribution in [3.8, 4) is 6.07 Å². The number of hydrogen-bond donors (Lipinski definition) is 0. The van der Waals surface area contributed by atoms with E-state index in [1.165, 1.54) is 11.8 Å². The molecule has 0 unspecified atom stereocenters. The minimum atomic E-state index is 0.0349. The summed E-state index contributed by atoms with van der Waals surface area (Å²) < 4.78 is 3.90. The number of carbonyl (C=O) groups excluding carboxylic acids is 1. The number of fused-ring (bicyclic) bond motifs is 1. The van der Waals surface area contributed by atoms with Crippen molar-refractivity contribution in [2.24, 2.45) is 0 Å². The number of carbonyl (C=O) groups is 1. The van der Waals surface area contributed by atoms with E-state index in [4.69, 9.17) is 5.26 Å². The van der Waals surface area contributed by atoms with Crippen LogP contribution in [0.25, 0.3) is 10.9 Å². The quantitative estimate of drug-likeness (QED) is 0.346. The van der Waals surface area contributed by atoms with Crippen LogP contribution in [0.1, 0.15) is 22.6 Å². The smallest absolute Gasteiger partial charge is 0.191 e. The fourth-order valence-electron chi connectivity index (χ4n) is 2.84. The standard InChI is InChI=1S/C19H19N5OS/c1-3-10-24-14(2)21-22-19(24)26-13-18(25)16-12-23(11-6-9-20)17-8-5-4-7-15(16)17/h3-5,7-8,12H,1,6,10-11,13H2,2H3. The zero-order chi connectivity index (χ0) is 18.5. The van der Waals surface area contributed by atoms with Crippen molar-refractivity contribution in [1.29, 1.82) is 5.26 Å². The summed E-state index contributed by atoms with van der Waals surface area (Å²) in [6, 6.07) is 9.93. The largest absolute Gasteiger partial charge is 0.346 e. The van der Waals surface area contributed by atoms with Crippen LogP contribution < -0.4 is 0 Å². The van der Waals surface area contributed by atoms with E-state index in [1.807, 2.05) is 46.5 Å². The van der Waals surface area contributed by atoms with Gasteiger partial charge in [0.05, 0.1) is 18.2 Å². The second-order valence-corrected chi connectivity index (χ2v) is 6.74. The maximum absolute atomic E-state index is 12.8. The number of para-hydroxylation sites is 1. The summed E-state index contributed by atoms with van der Waals surface area (Å²) in [6.45, 7) is 6.81. The molecule has 132 valence electrons. The average Bonchev–Trinajstić information content (AvgIpc) is 3.20. The normalized spacial score (nSPS) is 10.8. The van der Waals surface area contributed by atoms with Crippen LogP contribution in [-0.4, -0.2) is 30.9 Å². The Bertz CT molecular complexity index is 995. The van der Waals surface area contributed by atoms with Crippen LogP contribution in [0.3, 0.4) is 0 Å². The third-order valence-electron chi connectivity index (χ3n) is 4.10. The Morgan fingerprint density at radius 1 is 1.38 bits per heavy atom. The van der Waals surface area contributed by atoms with Crippen LogP contribution in [0.4, 0.5) is 0 Å². The van der Waals surface area contributed by atoms with Crippen molar-refractivity contribution in [2.75, 3.05) is 5.75 Å². The number of nitrogens with zero attached hydrogens (tertiary/aromatic N) is 5. The molecule has 0 fully saturated rings. The molecule has 0 bridgehead atoms. The molecule has 0 aliphatic heterocycles. The Kier molecular flexibility index (Phi) is 5.54. The Hall–Kier alpha value is -2.85. The highest BCUT2D eigenvalue weighted by Crippen LogP contribution is 2.25. The molecule has 0 saturated heterocycles. The number of benzene rings is 1. The first-order valence-electron chi connectivity index (χ1n) is 8.27. The molecule has 7 heteroatoms. The minimum Gasteiger partial charge on any atom is -0.346 e. The van der Waals surface area contributed by atoms with Gasteiger partial charge < -0.3 is 9.13 Å². The Morgan fingerprint density at radius 2 is 2.19 bits per heavy atom. The van der Waals surface area contributed by atoms with Gasteiger partial charge in [0.2, 0.25) is 0 Å². The first kappa shape index (κ1) is 18.0. The lowest BCUT2D eigenvalue weighted by Gasteiger charge is -2.04. The van der Waals surface area contributed by atoms with Gasteiger partial charge in [-0.1, -0.05) is 36.0 Å². The average molecular weight is 365 g/mol. The van der Waals surface area contributed by atoms with Crippen molar-refractivity contribution in [3.05, 3.63) is 54.5 Å². The van der Waals surface area contributed by atoms with Gasteiger partial charge >= 0.3 is 0 Å². The van der Waals surface area contributed by atoms with Gasteiger partial charge in [-0.15, -0.1) is 16.8 Å². The second kappa shape index (κ2) is 8.02. The minimum absolute atomic E-state index is 0.0349. The van der Waals surface area contributed by atoms with E-state index in [9.17, 15) is 4.79 Å². The first-order valence-corrected chi connectivity index (χ1v) is 9.25. The van der Waals surface area contributed by atoms with Crippen LogP contribution in [0, 0.1) is 18.3 Å². The van der Waals surface area contributed by atoms with Gasteiger partial charge in [0.15, 0.2) is 10.9 Å². The number of nitriles is 1. The van der Waals surface area contributed by atoms with Crippen molar-refractivity contribution in [1.82, 2.24) is 19.3 Å². The lowest BCUT2D eigenvalue weighted by atomic mass is 10.1. The number of aromatic nitrogens is 4. The summed E-state index contributed by atoms with van der Waals surface area (Å²) in [7, 11) is 0. The molecule has 3 rings (SSSR count). The van der Waals surface area contributed by atoms with E-state index in [2.05, 4.69) is 22.8 Å². The van der Waals surface area contributed by atoms with Gasteiger partial charge in [0, 0.05) is 35.8 Å². The monoisotopic (exact) mass is 365 g/mol. The van der Waals surface area contributed by atoms with Crippen molar-refractivity contribution < 1.29 is 4.79 Å². The molecular formula is C19H19N5OS. The number of thioether (sulfide) groups is 1. The summed E-state index contributed by atoms with van der Waals surface area (Å²) in [5.74, 6) is 1.11. The van der Waals surface area contributed by atoms with Crippen LogP contribution >= 0.6 is 11.8 Å². The van der Waals surface area contributed by atoms with Gasteiger partial charge in [-0.25, -0.2) is 0 Å². The first-order chi connectivity index (χ1) is 12.7. The SMILES string of the molecule is C=CCn1c(C)nnc1SCC(=O)c1cn(CCC#N)c2ccccc12.